The fraction of sp³-hybridized carbons (Fsp3) is 1.00. The SMILES string of the molecule is CCCC1CCC(CNC)(OC2CCC2)CC1. The van der Waals surface area contributed by atoms with Gasteiger partial charge in [-0.05, 0) is 57.9 Å². The number of hydrogen-bond acceptors (Lipinski definition) is 2. The lowest BCUT2D eigenvalue weighted by Gasteiger charge is -2.44. The van der Waals surface area contributed by atoms with Crippen LogP contribution in [0, 0.1) is 5.92 Å². The van der Waals surface area contributed by atoms with Crippen molar-refractivity contribution in [2.45, 2.75) is 76.4 Å². The number of hydrogen-bond donors (Lipinski definition) is 1. The van der Waals surface area contributed by atoms with Gasteiger partial charge < -0.3 is 10.1 Å². The molecule has 0 aliphatic heterocycles. The van der Waals surface area contributed by atoms with Crippen molar-refractivity contribution in [3.05, 3.63) is 0 Å². The van der Waals surface area contributed by atoms with Crippen molar-refractivity contribution in [3.8, 4) is 0 Å². The highest BCUT2D eigenvalue weighted by molar-refractivity contribution is 4.91. The first-order chi connectivity index (χ1) is 8.28. The minimum atomic E-state index is 0.171. The van der Waals surface area contributed by atoms with Crippen molar-refractivity contribution >= 4 is 0 Å². The Bertz CT molecular complexity index is 217. The molecule has 0 amide bonds. The van der Waals surface area contributed by atoms with Gasteiger partial charge in [-0.3, -0.25) is 0 Å². The molecule has 2 aliphatic rings. The zero-order valence-corrected chi connectivity index (χ0v) is 11.6. The highest BCUT2D eigenvalue weighted by Gasteiger charge is 2.38. The molecule has 0 spiro atoms. The van der Waals surface area contributed by atoms with Gasteiger partial charge in [-0.25, -0.2) is 0 Å². The first kappa shape index (κ1) is 13.4. The van der Waals surface area contributed by atoms with Gasteiger partial charge in [0.25, 0.3) is 0 Å². The molecule has 17 heavy (non-hydrogen) atoms. The quantitative estimate of drug-likeness (QED) is 0.766. The summed E-state index contributed by atoms with van der Waals surface area (Å²) in [5.41, 5.74) is 0.171. The highest BCUT2D eigenvalue weighted by Crippen LogP contribution is 2.39. The van der Waals surface area contributed by atoms with Gasteiger partial charge in [-0.15, -0.1) is 0 Å². The van der Waals surface area contributed by atoms with E-state index in [1.165, 1.54) is 57.8 Å². The summed E-state index contributed by atoms with van der Waals surface area (Å²) in [6.45, 7) is 3.35. The topological polar surface area (TPSA) is 21.3 Å². The zero-order chi connectivity index (χ0) is 12.1. The lowest BCUT2D eigenvalue weighted by molar-refractivity contribution is -0.140. The summed E-state index contributed by atoms with van der Waals surface area (Å²) >= 11 is 0. The van der Waals surface area contributed by atoms with Gasteiger partial charge in [0.2, 0.25) is 0 Å². The Morgan fingerprint density at radius 2 is 1.88 bits per heavy atom. The lowest BCUT2D eigenvalue weighted by atomic mass is 9.76. The van der Waals surface area contributed by atoms with Gasteiger partial charge in [-0.2, -0.15) is 0 Å². The standard InChI is InChI=1S/C15H29NO/c1-3-5-13-8-10-15(11-9-13,12-16-2)17-14-6-4-7-14/h13-14,16H,3-12H2,1-2H3. The molecule has 0 saturated heterocycles. The fourth-order valence-corrected chi connectivity index (χ4v) is 3.40. The van der Waals surface area contributed by atoms with Crippen LogP contribution in [-0.2, 0) is 4.74 Å². The molecule has 0 aromatic carbocycles. The predicted molar refractivity (Wildman–Crippen MR) is 72.2 cm³/mol. The number of rotatable bonds is 6. The zero-order valence-electron chi connectivity index (χ0n) is 11.6. The summed E-state index contributed by atoms with van der Waals surface area (Å²) in [6, 6.07) is 0. The fourth-order valence-electron chi connectivity index (χ4n) is 3.40. The summed E-state index contributed by atoms with van der Waals surface area (Å²) in [7, 11) is 2.06. The van der Waals surface area contributed by atoms with Crippen molar-refractivity contribution in [1.29, 1.82) is 0 Å². The molecule has 2 fully saturated rings. The number of nitrogens with one attached hydrogen (secondary N) is 1. The smallest absolute Gasteiger partial charge is 0.0810 e. The van der Waals surface area contributed by atoms with Gasteiger partial charge in [0, 0.05) is 6.54 Å². The predicted octanol–water partition coefficient (Wildman–Crippen LogP) is 3.50. The molecule has 0 radical (unpaired) electrons. The van der Waals surface area contributed by atoms with E-state index >= 15 is 0 Å². The average molecular weight is 239 g/mol. The molecule has 0 unspecified atom stereocenters. The molecule has 1 N–H and O–H groups in total. The molecular formula is C15H29NO. The van der Waals surface area contributed by atoms with E-state index in [0.29, 0.717) is 6.10 Å². The molecule has 0 bridgehead atoms. The summed E-state index contributed by atoms with van der Waals surface area (Å²) in [4.78, 5) is 0. The maximum atomic E-state index is 6.42. The van der Waals surface area contributed by atoms with Crippen LogP contribution < -0.4 is 5.32 Å². The minimum absolute atomic E-state index is 0.171. The lowest BCUT2D eigenvalue weighted by Crippen LogP contribution is -2.48. The van der Waals surface area contributed by atoms with E-state index in [0.717, 1.165) is 12.5 Å². The van der Waals surface area contributed by atoms with Gasteiger partial charge in [-0.1, -0.05) is 19.8 Å². The van der Waals surface area contributed by atoms with E-state index in [9.17, 15) is 0 Å². The first-order valence-corrected chi connectivity index (χ1v) is 7.60. The van der Waals surface area contributed by atoms with E-state index < -0.39 is 0 Å². The van der Waals surface area contributed by atoms with Crippen LogP contribution in [0.3, 0.4) is 0 Å². The van der Waals surface area contributed by atoms with Crippen LogP contribution in [0.4, 0.5) is 0 Å². The highest BCUT2D eigenvalue weighted by atomic mass is 16.5. The van der Waals surface area contributed by atoms with Crippen molar-refractivity contribution < 1.29 is 4.74 Å². The normalized spacial score (nSPS) is 34.6. The second-order valence-corrected chi connectivity index (χ2v) is 6.12. The monoisotopic (exact) mass is 239 g/mol. The van der Waals surface area contributed by atoms with Gasteiger partial charge in [0.1, 0.15) is 0 Å². The molecule has 0 atom stereocenters. The van der Waals surface area contributed by atoms with Crippen LogP contribution in [0.15, 0.2) is 0 Å². The van der Waals surface area contributed by atoms with E-state index in [4.69, 9.17) is 4.74 Å². The molecular weight excluding hydrogens is 210 g/mol. The molecule has 2 rings (SSSR count). The number of likely N-dealkylation sites (N-methyl/N-ethyl adjacent to an activating group) is 1. The third kappa shape index (κ3) is 3.45. The van der Waals surface area contributed by atoms with Crippen molar-refractivity contribution in [1.82, 2.24) is 5.32 Å². The Hall–Kier alpha value is -0.0800. The Morgan fingerprint density at radius 3 is 2.35 bits per heavy atom. The van der Waals surface area contributed by atoms with Crippen LogP contribution in [0.1, 0.15) is 64.7 Å². The number of ether oxygens (including phenoxy) is 1. The molecule has 2 heteroatoms. The van der Waals surface area contributed by atoms with E-state index in [2.05, 4.69) is 19.3 Å². The second kappa shape index (κ2) is 6.19. The maximum Gasteiger partial charge on any atom is 0.0810 e. The van der Waals surface area contributed by atoms with Crippen LogP contribution >= 0.6 is 0 Å². The second-order valence-electron chi connectivity index (χ2n) is 6.12. The average Bonchev–Trinajstić information content (AvgIpc) is 2.28. The summed E-state index contributed by atoms with van der Waals surface area (Å²) in [6.07, 6.45) is 12.6. The first-order valence-electron chi connectivity index (χ1n) is 7.60. The van der Waals surface area contributed by atoms with Gasteiger partial charge in [0.05, 0.1) is 11.7 Å². The Balaban J connectivity index is 1.84. The molecule has 0 heterocycles. The third-order valence-electron chi connectivity index (χ3n) is 4.68. The third-order valence-corrected chi connectivity index (χ3v) is 4.68. The van der Waals surface area contributed by atoms with Crippen molar-refractivity contribution in [2.75, 3.05) is 13.6 Å². The largest absolute Gasteiger partial charge is 0.370 e. The Morgan fingerprint density at radius 1 is 1.18 bits per heavy atom. The Labute approximate surface area is 107 Å². The molecule has 2 nitrogen and oxygen atoms in total. The van der Waals surface area contributed by atoms with E-state index in [1.807, 2.05) is 0 Å². The van der Waals surface area contributed by atoms with E-state index in [-0.39, 0.29) is 5.60 Å². The summed E-state index contributed by atoms with van der Waals surface area (Å²) in [5.74, 6) is 0.968. The van der Waals surface area contributed by atoms with Crippen LogP contribution in [0.2, 0.25) is 0 Å². The molecule has 0 aromatic heterocycles. The van der Waals surface area contributed by atoms with Gasteiger partial charge in [0.15, 0.2) is 0 Å². The summed E-state index contributed by atoms with van der Waals surface area (Å²) in [5, 5.41) is 3.35. The minimum Gasteiger partial charge on any atom is -0.370 e. The van der Waals surface area contributed by atoms with Crippen molar-refractivity contribution in [3.63, 3.8) is 0 Å². The molecule has 2 saturated carbocycles. The van der Waals surface area contributed by atoms with E-state index in [1.54, 1.807) is 0 Å². The van der Waals surface area contributed by atoms with Crippen molar-refractivity contribution in [2.24, 2.45) is 5.92 Å². The summed E-state index contributed by atoms with van der Waals surface area (Å²) < 4.78 is 6.42. The van der Waals surface area contributed by atoms with Crippen LogP contribution in [0.25, 0.3) is 0 Å². The van der Waals surface area contributed by atoms with Crippen LogP contribution in [0.5, 0.6) is 0 Å². The maximum absolute atomic E-state index is 6.42. The molecule has 0 aromatic rings. The van der Waals surface area contributed by atoms with Crippen LogP contribution in [-0.4, -0.2) is 25.3 Å². The Kier molecular flexibility index (Phi) is 4.87. The molecule has 2 aliphatic carbocycles. The molecule has 100 valence electrons. The van der Waals surface area contributed by atoms with Gasteiger partial charge >= 0.3 is 0 Å².